The number of hydrogen-bond acceptors (Lipinski definition) is 7. The molecular weight excluding hydrogens is 468 g/mol. The molecule has 0 radical (unpaired) electrons. The van der Waals surface area contributed by atoms with Crippen LogP contribution in [0.25, 0.3) is 10.9 Å². The highest BCUT2D eigenvalue weighted by atomic mass is 35.5. The molecule has 0 spiro atoms. The number of aromatic nitrogens is 1. The summed E-state index contributed by atoms with van der Waals surface area (Å²) in [6.45, 7) is 0.826. The highest BCUT2D eigenvalue weighted by molar-refractivity contribution is 6.30. The molecule has 0 bridgehead atoms. The second kappa shape index (κ2) is 12.7. The van der Waals surface area contributed by atoms with Gasteiger partial charge in [0.1, 0.15) is 23.5 Å². The number of carbonyl (C=O) groups is 2. The second-order valence-corrected chi connectivity index (χ2v) is 8.39. The second-order valence-electron chi connectivity index (χ2n) is 7.95. The van der Waals surface area contributed by atoms with Crippen molar-refractivity contribution in [2.24, 2.45) is 11.5 Å². The van der Waals surface area contributed by atoms with Crippen LogP contribution in [0.3, 0.4) is 0 Å². The molecule has 0 saturated carbocycles. The Hall–Kier alpha value is -3.64. The molecular formula is C26H27ClN4O4. The van der Waals surface area contributed by atoms with Crippen molar-refractivity contribution in [2.75, 3.05) is 6.54 Å². The molecule has 3 rings (SSSR count). The number of ether oxygens (including phenoxy) is 1. The van der Waals surface area contributed by atoms with E-state index in [9.17, 15) is 14.7 Å². The number of benzene rings is 2. The lowest BCUT2D eigenvalue weighted by atomic mass is 10.1. The summed E-state index contributed by atoms with van der Waals surface area (Å²) < 4.78 is 4.91. The molecule has 0 aliphatic carbocycles. The van der Waals surface area contributed by atoms with E-state index >= 15 is 0 Å². The Kier molecular flexibility index (Phi) is 9.44. The Bertz CT molecular complexity index is 1250. The minimum Gasteiger partial charge on any atom is -0.506 e. The van der Waals surface area contributed by atoms with Crippen LogP contribution in [-0.2, 0) is 22.5 Å². The summed E-state index contributed by atoms with van der Waals surface area (Å²) in [7, 11) is 0. The van der Waals surface area contributed by atoms with Gasteiger partial charge in [0, 0.05) is 29.6 Å². The Morgan fingerprint density at radius 1 is 1.14 bits per heavy atom. The zero-order valence-corrected chi connectivity index (χ0v) is 19.8. The van der Waals surface area contributed by atoms with Crippen LogP contribution in [0.15, 0.2) is 48.7 Å². The number of unbranched alkanes of at least 4 members (excludes halogenated alkanes) is 1. The van der Waals surface area contributed by atoms with Gasteiger partial charge in [0.25, 0.3) is 5.91 Å². The van der Waals surface area contributed by atoms with Crippen molar-refractivity contribution in [3.63, 3.8) is 0 Å². The highest BCUT2D eigenvalue weighted by Gasteiger charge is 2.16. The summed E-state index contributed by atoms with van der Waals surface area (Å²) in [5, 5.41) is 14.5. The molecule has 6 N–H and O–H groups in total. The fourth-order valence-electron chi connectivity index (χ4n) is 3.31. The average molecular weight is 495 g/mol. The fourth-order valence-corrected chi connectivity index (χ4v) is 3.43. The first kappa shape index (κ1) is 26.0. The first-order valence-electron chi connectivity index (χ1n) is 11.2. The van der Waals surface area contributed by atoms with Crippen molar-refractivity contribution in [1.82, 2.24) is 10.3 Å². The number of carbonyl (C=O) groups excluding carboxylic acids is 2. The van der Waals surface area contributed by atoms with E-state index in [0.717, 1.165) is 24.0 Å². The van der Waals surface area contributed by atoms with E-state index in [0.29, 0.717) is 28.9 Å². The van der Waals surface area contributed by atoms with Gasteiger partial charge in [-0.3, -0.25) is 9.78 Å². The van der Waals surface area contributed by atoms with Crippen LogP contribution >= 0.6 is 11.6 Å². The molecule has 0 fully saturated rings. The van der Waals surface area contributed by atoms with Crippen LogP contribution in [0, 0.1) is 12.0 Å². The maximum atomic E-state index is 12.6. The lowest BCUT2D eigenvalue weighted by Gasteiger charge is -2.09. The van der Waals surface area contributed by atoms with E-state index < -0.39 is 17.9 Å². The molecule has 35 heavy (non-hydrogen) atoms. The first-order chi connectivity index (χ1) is 16.9. The van der Waals surface area contributed by atoms with Crippen LogP contribution in [-0.4, -0.2) is 34.6 Å². The molecule has 1 aromatic heterocycles. The van der Waals surface area contributed by atoms with Gasteiger partial charge in [-0.25, -0.2) is 4.79 Å². The van der Waals surface area contributed by atoms with Gasteiger partial charge in [-0.05, 0) is 54.8 Å². The van der Waals surface area contributed by atoms with Crippen LogP contribution in [0.1, 0.15) is 40.7 Å². The van der Waals surface area contributed by atoms with Gasteiger partial charge < -0.3 is 26.6 Å². The third kappa shape index (κ3) is 7.42. The largest absolute Gasteiger partial charge is 0.506 e. The van der Waals surface area contributed by atoms with Gasteiger partial charge in [-0.1, -0.05) is 42.1 Å². The van der Waals surface area contributed by atoms with Gasteiger partial charge in [0.05, 0.1) is 5.52 Å². The van der Waals surface area contributed by atoms with Crippen molar-refractivity contribution in [2.45, 2.75) is 38.3 Å². The summed E-state index contributed by atoms with van der Waals surface area (Å²) in [6.07, 6.45) is 6.01. The van der Waals surface area contributed by atoms with E-state index in [1.165, 1.54) is 6.20 Å². The number of pyridine rings is 1. The Morgan fingerprint density at radius 3 is 2.63 bits per heavy atom. The minimum atomic E-state index is -0.733. The monoisotopic (exact) mass is 494 g/mol. The van der Waals surface area contributed by atoms with Gasteiger partial charge in [-0.15, -0.1) is 0 Å². The highest BCUT2D eigenvalue weighted by Crippen LogP contribution is 2.28. The maximum absolute atomic E-state index is 12.6. The number of nitrogens with zero attached hydrogens (tertiary/aromatic N) is 1. The normalized spacial score (nSPS) is 11.4. The van der Waals surface area contributed by atoms with Gasteiger partial charge in [-0.2, -0.15) is 0 Å². The molecule has 1 unspecified atom stereocenters. The third-order valence-electron chi connectivity index (χ3n) is 5.30. The quantitative estimate of drug-likeness (QED) is 0.203. The predicted octanol–water partition coefficient (Wildman–Crippen LogP) is 3.03. The van der Waals surface area contributed by atoms with Crippen LogP contribution < -0.4 is 16.8 Å². The molecule has 3 aromatic rings. The molecule has 1 atom stereocenters. The lowest BCUT2D eigenvalue weighted by molar-refractivity contribution is -0.138. The predicted molar refractivity (Wildman–Crippen MR) is 134 cm³/mol. The number of fused-ring (bicyclic) bond motifs is 1. The molecule has 2 aromatic carbocycles. The number of rotatable bonds is 9. The van der Waals surface area contributed by atoms with Gasteiger partial charge in [0.15, 0.2) is 0 Å². The number of esters is 1. The zero-order valence-electron chi connectivity index (χ0n) is 19.1. The van der Waals surface area contributed by atoms with Gasteiger partial charge >= 0.3 is 5.97 Å². The van der Waals surface area contributed by atoms with Crippen LogP contribution in [0.5, 0.6) is 5.75 Å². The van der Waals surface area contributed by atoms with Crippen LogP contribution in [0.4, 0.5) is 0 Å². The molecule has 1 amide bonds. The topological polar surface area (TPSA) is 141 Å². The molecule has 1 heterocycles. The van der Waals surface area contributed by atoms with Crippen molar-refractivity contribution in [1.29, 1.82) is 0 Å². The van der Waals surface area contributed by atoms with Crippen molar-refractivity contribution >= 4 is 34.4 Å². The van der Waals surface area contributed by atoms with E-state index in [-0.39, 0.29) is 24.3 Å². The van der Waals surface area contributed by atoms with Crippen molar-refractivity contribution in [3.05, 3.63) is 70.4 Å². The summed E-state index contributed by atoms with van der Waals surface area (Å²) in [4.78, 5) is 28.8. The van der Waals surface area contributed by atoms with E-state index in [4.69, 9.17) is 27.8 Å². The van der Waals surface area contributed by atoms with Crippen LogP contribution in [0.2, 0.25) is 5.02 Å². The summed E-state index contributed by atoms with van der Waals surface area (Å²) in [5.41, 5.74) is 13.4. The minimum absolute atomic E-state index is 0.0623. The number of nitrogens with two attached hydrogens (primary N) is 2. The van der Waals surface area contributed by atoms with E-state index in [1.807, 2.05) is 0 Å². The van der Waals surface area contributed by atoms with Crippen molar-refractivity contribution < 1.29 is 19.4 Å². The summed E-state index contributed by atoms with van der Waals surface area (Å²) >= 11 is 5.88. The smallest absolute Gasteiger partial charge is 0.336 e. The van der Waals surface area contributed by atoms with Crippen molar-refractivity contribution in [3.8, 4) is 17.8 Å². The molecule has 9 heteroatoms. The molecule has 0 aliphatic rings. The molecule has 182 valence electrons. The number of nitrogens with one attached hydrogen (secondary N) is 1. The summed E-state index contributed by atoms with van der Waals surface area (Å²) in [6, 6.07) is 11.6. The maximum Gasteiger partial charge on any atom is 0.336 e. The van der Waals surface area contributed by atoms with E-state index in [1.54, 1.807) is 42.5 Å². The summed E-state index contributed by atoms with van der Waals surface area (Å²) in [5.74, 6) is 1.55. The number of aromatic hydroxyl groups is 1. The lowest BCUT2D eigenvalue weighted by Crippen LogP contribution is -2.31. The van der Waals surface area contributed by atoms with Gasteiger partial charge in [0.2, 0.25) is 0 Å². The SMILES string of the molecule is NCCCCC(N)C(=O)OC#CCc1ccc2ncc(C(=O)NCc3ccc(Cl)cc3)c(O)c2c1. The average Bonchev–Trinajstić information content (AvgIpc) is 2.86. The molecule has 8 nitrogen and oxygen atoms in total. The molecule has 0 saturated heterocycles. The molecule has 0 aliphatic heterocycles. The van der Waals surface area contributed by atoms with E-state index in [2.05, 4.69) is 22.3 Å². The Labute approximate surface area is 208 Å². The first-order valence-corrected chi connectivity index (χ1v) is 11.5. The number of hydrogen-bond donors (Lipinski definition) is 4. The standard InChI is InChI=1S/C26H27ClN4O4/c27-19-9-6-18(7-10-19)15-31-25(33)21-16-30-23-11-8-17(14-20(23)24(21)32)4-3-13-35-26(34)22(29)5-1-2-12-28/h6-11,14,16,22H,1-2,4-5,12,15,28-29H2,(H,30,32)(H,31,33). The Morgan fingerprint density at radius 2 is 1.89 bits per heavy atom. The Balaban J connectivity index is 1.63. The third-order valence-corrected chi connectivity index (χ3v) is 5.56. The fraction of sp³-hybridized carbons (Fsp3) is 0.269. The number of halogens is 1. The zero-order chi connectivity index (χ0) is 25.2. The number of amides is 1.